The highest BCUT2D eigenvalue weighted by Crippen LogP contribution is 2.47. The molecule has 3 N–H and O–H groups in total. The van der Waals surface area contributed by atoms with E-state index in [0.29, 0.717) is 17.5 Å². The number of hydrogen-bond acceptors (Lipinski definition) is 3. The van der Waals surface area contributed by atoms with Crippen molar-refractivity contribution in [1.29, 1.82) is 0 Å². The normalized spacial score (nSPS) is 28.4. The second-order valence-electron chi connectivity index (χ2n) is 7.08. The summed E-state index contributed by atoms with van der Waals surface area (Å²) in [5.74, 6) is -0.333. The summed E-state index contributed by atoms with van der Waals surface area (Å²) in [5, 5.41) is 9.53. The first-order valence-corrected chi connectivity index (χ1v) is 8.58. The van der Waals surface area contributed by atoms with Crippen LogP contribution in [0.3, 0.4) is 0 Å². The van der Waals surface area contributed by atoms with Crippen LogP contribution in [0.15, 0.2) is 24.3 Å². The van der Waals surface area contributed by atoms with E-state index in [2.05, 4.69) is 16.0 Å². The van der Waals surface area contributed by atoms with Crippen molar-refractivity contribution in [3.8, 4) is 0 Å². The summed E-state index contributed by atoms with van der Waals surface area (Å²) in [6.07, 6.45) is 4.86. The Kier molecular flexibility index (Phi) is 3.60. The predicted octanol–water partition coefficient (Wildman–Crippen LogP) is 1.16. The van der Waals surface area contributed by atoms with Crippen LogP contribution in [0.25, 0.3) is 0 Å². The minimum atomic E-state index is -0.289. The number of benzene rings is 1. The van der Waals surface area contributed by atoms with Gasteiger partial charge in [-0.25, -0.2) is 0 Å². The molecule has 2 fully saturated rings. The van der Waals surface area contributed by atoms with Gasteiger partial charge < -0.3 is 16.0 Å². The van der Waals surface area contributed by atoms with E-state index >= 15 is 0 Å². The fraction of sp³-hybridized carbons (Fsp3) is 0.556. The van der Waals surface area contributed by atoms with Crippen LogP contribution in [-0.4, -0.2) is 37.5 Å². The Morgan fingerprint density at radius 2 is 2.00 bits per heavy atom. The third-order valence-electron chi connectivity index (χ3n) is 5.92. The van der Waals surface area contributed by atoms with Crippen LogP contribution < -0.4 is 16.0 Å². The third-order valence-corrected chi connectivity index (χ3v) is 5.92. The maximum absolute atomic E-state index is 12.9. The van der Waals surface area contributed by atoms with Gasteiger partial charge in [0.05, 0.1) is 5.92 Å². The fourth-order valence-electron chi connectivity index (χ4n) is 4.32. The van der Waals surface area contributed by atoms with Crippen LogP contribution >= 0.6 is 0 Å². The van der Waals surface area contributed by atoms with E-state index in [4.69, 9.17) is 0 Å². The molecule has 2 unspecified atom stereocenters. The van der Waals surface area contributed by atoms with Gasteiger partial charge in [-0.15, -0.1) is 0 Å². The van der Waals surface area contributed by atoms with Crippen molar-refractivity contribution in [1.82, 2.24) is 16.0 Å². The van der Waals surface area contributed by atoms with Crippen molar-refractivity contribution in [2.24, 2.45) is 5.41 Å². The molecule has 4 rings (SSSR count). The Balaban J connectivity index is 1.53. The van der Waals surface area contributed by atoms with Gasteiger partial charge >= 0.3 is 0 Å². The van der Waals surface area contributed by atoms with E-state index < -0.39 is 0 Å². The lowest BCUT2D eigenvalue weighted by atomic mass is 9.60. The van der Waals surface area contributed by atoms with Crippen LogP contribution in [0, 0.1) is 5.41 Å². The molecule has 2 atom stereocenters. The highest BCUT2D eigenvalue weighted by Gasteiger charge is 2.46. The molecule has 1 aromatic carbocycles. The summed E-state index contributed by atoms with van der Waals surface area (Å²) in [7, 11) is 0. The topological polar surface area (TPSA) is 70.2 Å². The van der Waals surface area contributed by atoms with Crippen molar-refractivity contribution < 1.29 is 9.59 Å². The molecule has 0 aromatic heterocycles. The number of hydrogen-bond donors (Lipinski definition) is 3. The molecule has 5 nitrogen and oxygen atoms in total. The second kappa shape index (κ2) is 5.64. The lowest BCUT2D eigenvalue weighted by molar-refractivity contribution is -0.125. The molecule has 3 aliphatic rings. The number of nitrogens with one attached hydrogen (secondary N) is 3. The summed E-state index contributed by atoms with van der Waals surface area (Å²) in [5.41, 5.74) is 1.78. The van der Waals surface area contributed by atoms with E-state index in [-0.39, 0.29) is 23.8 Å². The molecule has 1 saturated heterocycles. The standard InChI is InChI=1S/C18H23N3O2/c22-16-13-5-2-1-4-12(13)14(10-20-16)17(23)21-15-11-19-9-8-18(15)6-3-7-18/h1-2,4-5,14-15,19H,3,6-11H2,(H,20,22)(H,21,23). The third kappa shape index (κ3) is 2.43. The van der Waals surface area contributed by atoms with Gasteiger partial charge in [-0.2, -0.15) is 0 Å². The zero-order valence-corrected chi connectivity index (χ0v) is 13.2. The number of carbonyl (C=O) groups excluding carboxylic acids is 2. The molecular formula is C18H23N3O2. The van der Waals surface area contributed by atoms with E-state index in [1.807, 2.05) is 18.2 Å². The first-order valence-electron chi connectivity index (χ1n) is 8.58. The van der Waals surface area contributed by atoms with Crippen molar-refractivity contribution in [2.45, 2.75) is 37.6 Å². The average molecular weight is 313 g/mol. The average Bonchev–Trinajstić information content (AvgIpc) is 2.54. The summed E-state index contributed by atoms with van der Waals surface area (Å²) >= 11 is 0. The van der Waals surface area contributed by atoms with E-state index in [1.54, 1.807) is 6.07 Å². The molecule has 122 valence electrons. The van der Waals surface area contributed by atoms with Crippen LogP contribution in [0.2, 0.25) is 0 Å². The maximum atomic E-state index is 12.9. The Morgan fingerprint density at radius 3 is 2.78 bits per heavy atom. The summed E-state index contributed by atoms with van der Waals surface area (Å²) in [6, 6.07) is 7.64. The lowest BCUT2D eigenvalue weighted by Crippen LogP contribution is -2.61. The number of fused-ring (bicyclic) bond motifs is 1. The van der Waals surface area contributed by atoms with Crippen LogP contribution in [0.4, 0.5) is 0 Å². The zero-order chi connectivity index (χ0) is 15.9. The van der Waals surface area contributed by atoms with Crippen LogP contribution in [-0.2, 0) is 4.79 Å². The molecule has 23 heavy (non-hydrogen) atoms. The monoisotopic (exact) mass is 313 g/mol. The number of carbonyl (C=O) groups is 2. The molecule has 5 heteroatoms. The molecule has 1 saturated carbocycles. The molecule has 2 aliphatic heterocycles. The van der Waals surface area contributed by atoms with Gasteiger partial charge in [0.25, 0.3) is 5.91 Å². The van der Waals surface area contributed by atoms with Crippen LogP contribution in [0.5, 0.6) is 0 Å². The number of piperidine rings is 1. The van der Waals surface area contributed by atoms with Gasteiger partial charge in [0.1, 0.15) is 0 Å². The Bertz CT molecular complexity index is 639. The Hall–Kier alpha value is -1.88. The summed E-state index contributed by atoms with van der Waals surface area (Å²) in [4.78, 5) is 24.8. The smallest absolute Gasteiger partial charge is 0.251 e. The highest BCUT2D eigenvalue weighted by molar-refractivity contribution is 6.00. The second-order valence-corrected chi connectivity index (χ2v) is 7.08. The molecule has 1 aliphatic carbocycles. The first-order chi connectivity index (χ1) is 11.2. The van der Waals surface area contributed by atoms with Gasteiger partial charge in [0, 0.05) is 24.7 Å². The minimum Gasteiger partial charge on any atom is -0.351 e. The summed E-state index contributed by atoms with van der Waals surface area (Å²) in [6.45, 7) is 2.29. The van der Waals surface area contributed by atoms with Crippen molar-refractivity contribution >= 4 is 11.8 Å². The maximum Gasteiger partial charge on any atom is 0.251 e. The molecule has 1 spiro atoms. The molecule has 2 amide bonds. The van der Waals surface area contributed by atoms with Gasteiger partial charge in [0.2, 0.25) is 5.91 Å². The Labute approximate surface area is 136 Å². The van der Waals surface area contributed by atoms with Crippen molar-refractivity contribution in [3.05, 3.63) is 35.4 Å². The van der Waals surface area contributed by atoms with Gasteiger partial charge in [0.15, 0.2) is 0 Å². The van der Waals surface area contributed by atoms with E-state index in [9.17, 15) is 9.59 Å². The fourth-order valence-corrected chi connectivity index (χ4v) is 4.32. The molecule has 2 heterocycles. The summed E-state index contributed by atoms with van der Waals surface area (Å²) < 4.78 is 0. The van der Waals surface area contributed by atoms with E-state index in [1.165, 1.54) is 19.3 Å². The molecular weight excluding hydrogens is 290 g/mol. The molecule has 1 aromatic rings. The minimum absolute atomic E-state index is 0.0393. The quantitative estimate of drug-likeness (QED) is 0.767. The van der Waals surface area contributed by atoms with Crippen LogP contribution in [0.1, 0.15) is 47.5 Å². The largest absolute Gasteiger partial charge is 0.351 e. The van der Waals surface area contributed by atoms with Gasteiger partial charge in [-0.3, -0.25) is 9.59 Å². The predicted molar refractivity (Wildman–Crippen MR) is 87.2 cm³/mol. The van der Waals surface area contributed by atoms with E-state index in [0.717, 1.165) is 25.1 Å². The lowest BCUT2D eigenvalue weighted by Gasteiger charge is -2.51. The number of rotatable bonds is 2. The van der Waals surface area contributed by atoms with Crippen molar-refractivity contribution in [3.63, 3.8) is 0 Å². The SMILES string of the molecule is O=C1NCC(C(=O)NC2CNCCC23CCC3)c2ccccc21. The zero-order valence-electron chi connectivity index (χ0n) is 13.2. The molecule has 0 bridgehead atoms. The highest BCUT2D eigenvalue weighted by atomic mass is 16.2. The van der Waals surface area contributed by atoms with Crippen molar-refractivity contribution in [2.75, 3.05) is 19.6 Å². The number of amides is 2. The van der Waals surface area contributed by atoms with Gasteiger partial charge in [-0.05, 0) is 42.9 Å². The van der Waals surface area contributed by atoms with Gasteiger partial charge in [-0.1, -0.05) is 24.6 Å². The first kappa shape index (κ1) is 14.7. The molecule has 0 radical (unpaired) electrons. The Morgan fingerprint density at radius 1 is 1.17 bits per heavy atom.